The molecule has 0 radical (unpaired) electrons. The lowest BCUT2D eigenvalue weighted by atomic mass is 9.82. The maximum atomic E-state index is 13.3. The average molecular weight is 411 g/mol. The summed E-state index contributed by atoms with van der Waals surface area (Å²) in [5, 5.41) is 8.10. The Kier molecular flexibility index (Phi) is 4.02. The number of aromatic amines is 1. The number of carbonyl (C=O) groups excluding carboxylic acids is 1. The van der Waals surface area contributed by atoms with Crippen molar-refractivity contribution < 1.29 is 4.79 Å². The van der Waals surface area contributed by atoms with Crippen LogP contribution in [0, 0.1) is 5.92 Å². The second-order valence-electron chi connectivity index (χ2n) is 8.49. The quantitative estimate of drug-likeness (QED) is 0.550. The molecule has 4 aromatic rings. The number of H-pyrrole nitrogens is 1. The Labute approximate surface area is 178 Å². The first-order valence-electron chi connectivity index (χ1n) is 10.5. The molecule has 6 rings (SSSR count). The summed E-state index contributed by atoms with van der Waals surface area (Å²) < 4.78 is 1.89. The van der Waals surface area contributed by atoms with Crippen molar-refractivity contribution in [2.24, 2.45) is 5.92 Å². The molecule has 1 amide bonds. The predicted octanol–water partition coefficient (Wildman–Crippen LogP) is 3.05. The molecular formula is C24H21N5O2. The fourth-order valence-corrected chi connectivity index (χ4v) is 5.10. The van der Waals surface area contributed by atoms with Crippen LogP contribution in [0.2, 0.25) is 0 Å². The van der Waals surface area contributed by atoms with E-state index in [0.29, 0.717) is 25.3 Å². The van der Waals surface area contributed by atoms with Gasteiger partial charge in [0.25, 0.3) is 11.5 Å². The molecule has 5 heterocycles. The molecule has 154 valence electrons. The van der Waals surface area contributed by atoms with Gasteiger partial charge in [0.2, 0.25) is 0 Å². The van der Waals surface area contributed by atoms with E-state index < -0.39 is 0 Å². The van der Waals surface area contributed by atoms with Crippen molar-refractivity contribution in [3.05, 3.63) is 82.7 Å². The first-order valence-corrected chi connectivity index (χ1v) is 10.5. The lowest BCUT2D eigenvalue weighted by Crippen LogP contribution is -2.49. The molecule has 7 nitrogen and oxygen atoms in total. The number of hydrogen-bond acceptors (Lipinski definition) is 4. The van der Waals surface area contributed by atoms with Crippen LogP contribution in [0.25, 0.3) is 22.0 Å². The zero-order valence-corrected chi connectivity index (χ0v) is 16.9. The van der Waals surface area contributed by atoms with Crippen LogP contribution in [0.1, 0.15) is 28.5 Å². The zero-order chi connectivity index (χ0) is 20.9. The number of carbonyl (C=O) groups is 1. The SMILES string of the molecule is O=C(c1n[nH]c2ccccc12)N1C[C@@H]2C[C@H](C1)c1cc(-c3cccnc3)cc(=O)n1C2. The number of para-hydroxylation sites is 1. The molecule has 0 aliphatic carbocycles. The van der Waals surface area contributed by atoms with Crippen LogP contribution in [-0.4, -0.2) is 43.6 Å². The summed E-state index contributed by atoms with van der Waals surface area (Å²) >= 11 is 0. The normalized spacial score (nSPS) is 19.9. The first kappa shape index (κ1) is 18.1. The van der Waals surface area contributed by atoms with Crippen LogP contribution in [0.5, 0.6) is 0 Å². The lowest BCUT2D eigenvalue weighted by Gasteiger charge is -2.42. The third-order valence-electron chi connectivity index (χ3n) is 6.51. The summed E-state index contributed by atoms with van der Waals surface area (Å²) in [7, 11) is 0. The molecule has 0 unspecified atom stereocenters. The van der Waals surface area contributed by atoms with Crippen molar-refractivity contribution in [1.29, 1.82) is 0 Å². The van der Waals surface area contributed by atoms with Gasteiger partial charge in [-0.2, -0.15) is 5.10 Å². The van der Waals surface area contributed by atoms with Crippen LogP contribution < -0.4 is 5.56 Å². The van der Waals surface area contributed by atoms with Crippen molar-refractivity contribution in [3.8, 4) is 11.1 Å². The number of amides is 1. The maximum Gasteiger partial charge on any atom is 0.275 e. The second kappa shape index (κ2) is 6.91. The van der Waals surface area contributed by atoms with Crippen molar-refractivity contribution in [1.82, 2.24) is 24.6 Å². The highest BCUT2D eigenvalue weighted by molar-refractivity contribution is 6.04. The van der Waals surface area contributed by atoms with Crippen LogP contribution in [0.15, 0.2) is 65.7 Å². The van der Waals surface area contributed by atoms with E-state index >= 15 is 0 Å². The average Bonchev–Trinajstić information content (AvgIpc) is 3.24. The number of aromatic nitrogens is 4. The number of hydrogen-bond donors (Lipinski definition) is 1. The number of nitrogens with one attached hydrogen (secondary N) is 1. The number of piperidine rings is 1. The predicted molar refractivity (Wildman–Crippen MR) is 117 cm³/mol. The number of nitrogens with zero attached hydrogens (tertiary/aromatic N) is 4. The highest BCUT2D eigenvalue weighted by atomic mass is 16.2. The number of fused-ring (bicyclic) bond motifs is 5. The van der Waals surface area contributed by atoms with Gasteiger partial charge in [0.1, 0.15) is 0 Å². The van der Waals surface area contributed by atoms with E-state index in [1.165, 1.54) is 0 Å². The van der Waals surface area contributed by atoms with Gasteiger partial charge in [-0.1, -0.05) is 24.3 Å². The van der Waals surface area contributed by atoms with Crippen molar-refractivity contribution in [2.45, 2.75) is 18.9 Å². The highest BCUT2D eigenvalue weighted by Gasteiger charge is 2.37. The fourth-order valence-electron chi connectivity index (χ4n) is 5.10. The molecule has 1 aromatic carbocycles. The van der Waals surface area contributed by atoms with Crippen LogP contribution in [0.4, 0.5) is 0 Å². The third-order valence-corrected chi connectivity index (χ3v) is 6.51. The standard InChI is InChI=1S/C24H21N5O2/c30-22-10-17(16-4-3-7-25-11-16)9-21-18-8-15(13-29(21)22)12-28(14-18)24(31)23-19-5-1-2-6-20(19)26-27-23/h1-7,9-11,15,18H,8,12-14H2,(H,26,27)/t15-,18+/m0/s1. The summed E-state index contributed by atoms with van der Waals surface area (Å²) in [6, 6.07) is 15.3. The van der Waals surface area contributed by atoms with Gasteiger partial charge >= 0.3 is 0 Å². The zero-order valence-electron chi connectivity index (χ0n) is 16.9. The topological polar surface area (TPSA) is 83.9 Å². The van der Waals surface area contributed by atoms with E-state index in [9.17, 15) is 9.59 Å². The Morgan fingerprint density at radius 1 is 1.03 bits per heavy atom. The second-order valence-corrected chi connectivity index (χ2v) is 8.49. The summed E-state index contributed by atoms with van der Waals surface area (Å²) in [6.45, 7) is 1.88. The van der Waals surface area contributed by atoms with E-state index in [1.54, 1.807) is 18.5 Å². The molecule has 2 aliphatic rings. The lowest BCUT2D eigenvalue weighted by molar-refractivity contribution is 0.0590. The van der Waals surface area contributed by atoms with Crippen LogP contribution in [0.3, 0.4) is 0 Å². The van der Waals surface area contributed by atoms with Gasteiger partial charge in [0.05, 0.1) is 5.52 Å². The molecule has 2 bridgehead atoms. The molecule has 7 heteroatoms. The molecule has 0 saturated carbocycles. The van der Waals surface area contributed by atoms with E-state index in [1.807, 2.05) is 45.9 Å². The molecule has 31 heavy (non-hydrogen) atoms. The number of likely N-dealkylation sites (tertiary alicyclic amines) is 1. The van der Waals surface area contributed by atoms with Crippen LogP contribution >= 0.6 is 0 Å². The monoisotopic (exact) mass is 411 g/mol. The molecular weight excluding hydrogens is 390 g/mol. The Bertz CT molecular complexity index is 1360. The summed E-state index contributed by atoms with van der Waals surface area (Å²) in [5.41, 5.74) is 4.16. The van der Waals surface area contributed by atoms with E-state index in [4.69, 9.17) is 0 Å². The van der Waals surface area contributed by atoms with Crippen molar-refractivity contribution in [3.63, 3.8) is 0 Å². The Hall–Kier alpha value is -3.74. The molecule has 1 saturated heterocycles. The number of benzene rings is 1. The highest BCUT2D eigenvalue weighted by Crippen LogP contribution is 2.37. The molecule has 2 aliphatic heterocycles. The van der Waals surface area contributed by atoms with E-state index in [0.717, 1.165) is 34.1 Å². The first-order chi connectivity index (χ1) is 15.2. The van der Waals surface area contributed by atoms with Gasteiger partial charge < -0.3 is 9.47 Å². The van der Waals surface area contributed by atoms with Gasteiger partial charge in [-0.25, -0.2) is 0 Å². The third kappa shape index (κ3) is 2.96. The summed E-state index contributed by atoms with van der Waals surface area (Å²) in [6.07, 6.45) is 4.49. The van der Waals surface area contributed by atoms with Gasteiger partial charge in [-0.3, -0.25) is 19.7 Å². The van der Waals surface area contributed by atoms with Gasteiger partial charge in [-0.15, -0.1) is 0 Å². The fraction of sp³-hybridized carbons (Fsp3) is 0.250. The maximum absolute atomic E-state index is 13.3. The number of pyridine rings is 2. The van der Waals surface area contributed by atoms with E-state index in [-0.39, 0.29) is 23.3 Å². The molecule has 3 aromatic heterocycles. The molecule has 0 spiro atoms. The minimum absolute atomic E-state index is 0.0177. The molecule has 1 N–H and O–H groups in total. The molecule has 2 atom stereocenters. The van der Waals surface area contributed by atoms with Gasteiger partial charge in [0, 0.05) is 60.7 Å². The minimum atomic E-state index is -0.0497. The minimum Gasteiger partial charge on any atom is -0.336 e. The largest absolute Gasteiger partial charge is 0.336 e. The summed E-state index contributed by atoms with van der Waals surface area (Å²) in [4.78, 5) is 32.3. The van der Waals surface area contributed by atoms with E-state index in [2.05, 4.69) is 21.2 Å². The Morgan fingerprint density at radius 2 is 1.94 bits per heavy atom. The van der Waals surface area contributed by atoms with Crippen molar-refractivity contribution >= 4 is 16.8 Å². The Balaban J connectivity index is 1.35. The smallest absolute Gasteiger partial charge is 0.275 e. The van der Waals surface area contributed by atoms with Gasteiger partial charge in [0.15, 0.2) is 5.69 Å². The van der Waals surface area contributed by atoms with Crippen molar-refractivity contribution in [2.75, 3.05) is 13.1 Å². The Morgan fingerprint density at radius 3 is 2.81 bits per heavy atom. The van der Waals surface area contributed by atoms with Gasteiger partial charge in [-0.05, 0) is 36.1 Å². The summed E-state index contributed by atoms with van der Waals surface area (Å²) in [5.74, 6) is 0.347. The van der Waals surface area contributed by atoms with Crippen LogP contribution in [-0.2, 0) is 6.54 Å². The number of rotatable bonds is 2. The molecule has 1 fully saturated rings.